The molecule has 1 aromatic carbocycles. The normalized spacial score (nSPS) is 18.2. The number of anilines is 1. The summed E-state index contributed by atoms with van der Waals surface area (Å²) < 4.78 is 10.5. The number of ether oxygens (including phenoxy) is 2. The minimum Gasteiger partial charge on any atom is -0.497 e. The number of carbonyl (C=O) groups is 2. The van der Waals surface area contributed by atoms with Gasteiger partial charge in [0.15, 0.2) is 0 Å². The minimum atomic E-state index is -0.737. The molecule has 0 saturated carbocycles. The van der Waals surface area contributed by atoms with Crippen molar-refractivity contribution in [3.8, 4) is 5.75 Å². The van der Waals surface area contributed by atoms with Gasteiger partial charge < -0.3 is 25.4 Å². The van der Waals surface area contributed by atoms with Crippen LogP contribution in [0, 0.1) is 0 Å². The summed E-state index contributed by atoms with van der Waals surface area (Å²) in [6.45, 7) is 1.83. The highest BCUT2D eigenvalue weighted by Crippen LogP contribution is 2.16. The molecule has 1 saturated heterocycles. The van der Waals surface area contributed by atoms with Crippen LogP contribution in [0.3, 0.4) is 0 Å². The van der Waals surface area contributed by atoms with E-state index in [1.165, 1.54) is 0 Å². The highest BCUT2D eigenvalue weighted by molar-refractivity contribution is 5.95. The summed E-state index contributed by atoms with van der Waals surface area (Å²) in [4.78, 5) is 25.8. The van der Waals surface area contributed by atoms with Crippen molar-refractivity contribution in [2.75, 3.05) is 38.7 Å². The first-order valence-corrected chi connectivity index (χ1v) is 7.18. The summed E-state index contributed by atoms with van der Waals surface area (Å²) in [6.07, 6.45) is -0.745. The van der Waals surface area contributed by atoms with Gasteiger partial charge in [0.2, 0.25) is 5.91 Å². The Hall–Kier alpha value is -2.12. The maximum Gasteiger partial charge on any atom is 0.252 e. The molecule has 0 bridgehead atoms. The topological polar surface area (TPSA) is 93.9 Å². The first-order chi connectivity index (χ1) is 10.6. The predicted octanol–water partition coefficient (Wildman–Crippen LogP) is 0.210. The van der Waals surface area contributed by atoms with E-state index >= 15 is 0 Å². The Kier molecular flexibility index (Phi) is 5.74. The van der Waals surface area contributed by atoms with Crippen LogP contribution in [0.4, 0.5) is 5.69 Å². The molecule has 7 heteroatoms. The fourth-order valence-electron chi connectivity index (χ4n) is 2.27. The number of nitrogens with one attached hydrogen (secondary N) is 1. The van der Waals surface area contributed by atoms with Crippen molar-refractivity contribution in [1.29, 1.82) is 0 Å². The molecule has 120 valence electrons. The number of amides is 2. The fraction of sp³-hybridized carbons (Fsp3) is 0.467. The van der Waals surface area contributed by atoms with Crippen LogP contribution in [0.5, 0.6) is 5.75 Å². The third kappa shape index (κ3) is 4.19. The first-order valence-electron chi connectivity index (χ1n) is 7.18. The van der Waals surface area contributed by atoms with Gasteiger partial charge >= 0.3 is 0 Å². The van der Waals surface area contributed by atoms with E-state index in [0.717, 1.165) is 0 Å². The van der Waals surface area contributed by atoms with E-state index in [2.05, 4.69) is 5.32 Å². The lowest BCUT2D eigenvalue weighted by Gasteiger charge is -2.31. The zero-order chi connectivity index (χ0) is 15.9. The van der Waals surface area contributed by atoms with Crippen molar-refractivity contribution >= 4 is 17.5 Å². The highest BCUT2D eigenvalue weighted by Gasteiger charge is 2.30. The van der Waals surface area contributed by atoms with Crippen molar-refractivity contribution in [3.63, 3.8) is 0 Å². The molecule has 22 heavy (non-hydrogen) atoms. The molecule has 1 aliphatic rings. The van der Waals surface area contributed by atoms with Gasteiger partial charge in [0.1, 0.15) is 11.9 Å². The number of nitrogens with two attached hydrogens (primary N) is 1. The van der Waals surface area contributed by atoms with Crippen LogP contribution in [0.1, 0.15) is 6.42 Å². The largest absolute Gasteiger partial charge is 0.497 e. The van der Waals surface area contributed by atoms with Gasteiger partial charge in [-0.2, -0.15) is 0 Å². The lowest BCUT2D eigenvalue weighted by atomic mass is 10.1. The Balaban J connectivity index is 1.89. The molecule has 1 fully saturated rings. The molecule has 0 unspecified atom stereocenters. The zero-order valence-electron chi connectivity index (χ0n) is 12.6. The Morgan fingerprint density at radius 1 is 1.45 bits per heavy atom. The van der Waals surface area contributed by atoms with Gasteiger partial charge in [-0.3, -0.25) is 9.59 Å². The molecule has 0 aliphatic carbocycles. The maximum absolute atomic E-state index is 12.1. The van der Waals surface area contributed by atoms with Gasteiger partial charge in [-0.15, -0.1) is 0 Å². The Bertz CT molecular complexity index is 516. The molecule has 2 rings (SSSR count). The summed E-state index contributed by atoms with van der Waals surface area (Å²) in [6, 6.07) is 6.98. The quantitative estimate of drug-likeness (QED) is 0.783. The molecule has 3 N–H and O–H groups in total. The molecule has 7 nitrogen and oxygen atoms in total. The standard InChI is InChI=1S/C15H21N3O4/c1-21-12-4-2-11(3-5-12)17-14(19)10-13-15(20)18(7-6-16)8-9-22-13/h2-5,13H,6-10,16H2,1H3,(H,17,19)/t13-/m1/s1. The second kappa shape index (κ2) is 7.77. The molecular formula is C15H21N3O4. The van der Waals surface area contributed by atoms with E-state index in [0.29, 0.717) is 37.7 Å². The molecule has 0 aromatic heterocycles. The smallest absolute Gasteiger partial charge is 0.252 e. The van der Waals surface area contributed by atoms with Gasteiger partial charge in [-0.1, -0.05) is 0 Å². The zero-order valence-corrected chi connectivity index (χ0v) is 12.6. The average molecular weight is 307 g/mol. The molecule has 1 atom stereocenters. The van der Waals surface area contributed by atoms with Crippen LogP contribution < -0.4 is 15.8 Å². The second-order valence-corrected chi connectivity index (χ2v) is 4.95. The number of benzene rings is 1. The molecule has 2 amide bonds. The SMILES string of the molecule is COc1ccc(NC(=O)C[C@H]2OCCN(CCN)C2=O)cc1. The van der Waals surface area contributed by atoms with Crippen molar-refractivity contribution < 1.29 is 19.1 Å². The summed E-state index contributed by atoms with van der Waals surface area (Å²) in [5, 5.41) is 2.74. The Labute approximate surface area is 129 Å². The summed E-state index contributed by atoms with van der Waals surface area (Å²) in [5.41, 5.74) is 6.12. The minimum absolute atomic E-state index is 0.00800. The summed E-state index contributed by atoms with van der Waals surface area (Å²) >= 11 is 0. The Morgan fingerprint density at radius 3 is 2.82 bits per heavy atom. The predicted molar refractivity (Wildman–Crippen MR) is 81.6 cm³/mol. The molecule has 0 radical (unpaired) electrons. The molecular weight excluding hydrogens is 286 g/mol. The van der Waals surface area contributed by atoms with E-state index in [-0.39, 0.29) is 18.2 Å². The Morgan fingerprint density at radius 2 is 2.18 bits per heavy atom. The van der Waals surface area contributed by atoms with Crippen molar-refractivity contribution in [3.05, 3.63) is 24.3 Å². The number of hydrogen-bond donors (Lipinski definition) is 2. The molecule has 1 aliphatic heterocycles. The van der Waals surface area contributed by atoms with Crippen molar-refractivity contribution in [1.82, 2.24) is 4.90 Å². The van der Waals surface area contributed by atoms with Gasteiger partial charge in [-0.25, -0.2) is 0 Å². The van der Waals surface area contributed by atoms with Crippen molar-refractivity contribution in [2.24, 2.45) is 5.73 Å². The number of morpholine rings is 1. The van der Waals surface area contributed by atoms with Crippen LogP contribution in [-0.2, 0) is 14.3 Å². The van der Waals surface area contributed by atoms with E-state index in [1.807, 2.05) is 0 Å². The monoisotopic (exact) mass is 307 g/mol. The van der Waals surface area contributed by atoms with Crippen LogP contribution in [0.2, 0.25) is 0 Å². The lowest BCUT2D eigenvalue weighted by Crippen LogP contribution is -2.50. The maximum atomic E-state index is 12.1. The number of nitrogens with zero attached hydrogens (tertiary/aromatic N) is 1. The number of carbonyl (C=O) groups excluding carboxylic acids is 2. The van der Waals surface area contributed by atoms with Gasteiger partial charge in [0.05, 0.1) is 20.1 Å². The first kappa shape index (κ1) is 16.3. The molecule has 0 spiro atoms. The van der Waals surface area contributed by atoms with E-state index in [1.54, 1.807) is 36.3 Å². The van der Waals surface area contributed by atoms with E-state index < -0.39 is 6.10 Å². The molecule has 1 aromatic rings. The number of rotatable bonds is 6. The van der Waals surface area contributed by atoms with Crippen LogP contribution >= 0.6 is 0 Å². The summed E-state index contributed by atoms with van der Waals surface area (Å²) in [5.74, 6) is 0.265. The van der Waals surface area contributed by atoms with E-state index in [9.17, 15) is 9.59 Å². The van der Waals surface area contributed by atoms with E-state index in [4.69, 9.17) is 15.2 Å². The highest BCUT2D eigenvalue weighted by atomic mass is 16.5. The summed E-state index contributed by atoms with van der Waals surface area (Å²) in [7, 11) is 1.58. The second-order valence-electron chi connectivity index (χ2n) is 4.95. The number of methoxy groups -OCH3 is 1. The van der Waals surface area contributed by atoms with Crippen molar-refractivity contribution in [2.45, 2.75) is 12.5 Å². The number of hydrogen-bond acceptors (Lipinski definition) is 5. The van der Waals surface area contributed by atoms with Gasteiger partial charge in [0, 0.05) is 25.3 Å². The fourth-order valence-corrected chi connectivity index (χ4v) is 2.27. The lowest BCUT2D eigenvalue weighted by molar-refractivity contribution is -0.154. The van der Waals surface area contributed by atoms with Crippen LogP contribution in [-0.4, -0.2) is 56.2 Å². The molecule has 1 heterocycles. The van der Waals surface area contributed by atoms with Gasteiger partial charge in [-0.05, 0) is 24.3 Å². The van der Waals surface area contributed by atoms with Crippen LogP contribution in [0.15, 0.2) is 24.3 Å². The third-order valence-electron chi connectivity index (χ3n) is 3.41. The van der Waals surface area contributed by atoms with Crippen LogP contribution in [0.25, 0.3) is 0 Å². The third-order valence-corrected chi connectivity index (χ3v) is 3.41. The average Bonchev–Trinajstić information content (AvgIpc) is 2.52. The van der Waals surface area contributed by atoms with Gasteiger partial charge in [0.25, 0.3) is 5.91 Å².